The minimum Gasteiger partial charge on any atom is -0.377 e. The van der Waals surface area contributed by atoms with E-state index in [1.807, 2.05) is 6.92 Å². The van der Waals surface area contributed by atoms with Crippen LogP contribution in [0.2, 0.25) is 0 Å². The van der Waals surface area contributed by atoms with Crippen molar-refractivity contribution in [1.29, 1.82) is 0 Å². The molecule has 0 aromatic heterocycles. The summed E-state index contributed by atoms with van der Waals surface area (Å²) in [6.07, 6.45) is 6.53. The zero-order chi connectivity index (χ0) is 9.68. The smallest absolute Gasteiger partial charge is 0.0725 e. The predicted molar refractivity (Wildman–Crippen MR) is 55.6 cm³/mol. The summed E-state index contributed by atoms with van der Waals surface area (Å²) >= 11 is 0. The first-order valence-corrected chi connectivity index (χ1v) is 5.65. The van der Waals surface area contributed by atoms with Crippen LogP contribution in [0.15, 0.2) is 0 Å². The Balaban J connectivity index is 2.22. The third-order valence-electron chi connectivity index (χ3n) is 2.73. The van der Waals surface area contributed by atoms with E-state index in [-0.39, 0.29) is 6.04 Å². The maximum Gasteiger partial charge on any atom is 0.0725 e. The molecule has 0 aromatic carbocycles. The summed E-state index contributed by atoms with van der Waals surface area (Å²) in [6, 6.07) is 0.271. The average molecular weight is 185 g/mol. The van der Waals surface area contributed by atoms with Crippen LogP contribution in [0.3, 0.4) is 0 Å². The Morgan fingerprint density at radius 1 is 1.38 bits per heavy atom. The zero-order valence-electron chi connectivity index (χ0n) is 8.96. The van der Waals surface area contributed by atoms with Crippen LogP contribution in [0.4, 0.5) is 0 Å². The molecule has 13 heavy (non-hydrogen) atoms. The SMILES string of the molecule is CCCC(OCC)C(N)CC1CC1. The first-order chi connectivity index (χ1) is 6.27. The highest BCUT2D eigenvalue weighted by Gasteiger charge is 2.27. The highest BCUT2D eigenvalue weighted by atomic mass is 16.5. The van der Waals surface area contributed by atoms with Crippen molar-refractivity contribution in [3.05, 3.63) is 0 Å². The summed E-state index contributed by atoms with van der Waals surface area (Å²) in [6.45, 7) is 5.03. The van der Waals surface area contributed by atoms with Crippen LogP contribution in [-0.4, -0.2) is 18.8 Å². The van der Waals surface area contributed by atoms with Crippen molar-refractivity contribution in [1.82, 2.24) is 0 Å². The molecule has 0 bridgehead atoms. The van der Waals surface area contributed by atoms with Gasteiger partial charge in [-0.3, -0.25) is 0 Å². The number of hydrogen-bond donors (Lipinski definition) is 1. The Kier molecular flexibility index (Phi) is 4.74. The van der Waals surface area contributed by atoms with Crippen molar-refractivity contribution in [3.63, 3.8) is 0 Å². The second-order valence-corrected chi connectivity index (χ2v) is 4.13. The second kappa shape index (κ2) is 5.61. The van der Waals surface area contributed by atoms with Gasteiger partial charge >= 0.3 is 0 Å². The largest absolute Gasteiger partial charge is 0.377 e. The van der Waals surface area contributed by atoms with Crippen LogP contribution in [0.5, 0.6) is 0 Å². The summed E-state index contributed by atoms with van der Waals surface area (Å²) in [5.74, 6) is 0.912. The quantitative estimate of drug-likeness (QED) is 0.660. The van der Waals surface area contributed by atoms with Gasteiger partial charge in [-0.25, -0.2) is 0 Å². The monoisotopic (exact) mass is 185 g/mol. The molecule has 0 heterocycles. The molecule has 78 valence electrons. The van der Waals surface area contributed by atoms with Crippen LogP contribution >= 0.6 is 0 Å². The van der Waals surface area contributed by atoms with E-state index in [0.29, 0.717) is 6.10 Å². The predicted octanol–water partition coefficient (Wildman–Crippen LogP) is 2.32. The van der Waals surface area contributed by atoms with Crippen LogP contribution in [0, 0.1) is 5.92 Å². The molecular weight excluding hydrogens is 162 g/mol. The van der Waals surface area contributed by atoms with Crippen LogP contribution < -0.4 is 5.73 Å². The Morgan fingerprint density at radius 3 is 2.54 bits per heavy atom. The van der Waals surface area contributed by atoms with E-state index in [0.717, 1.165) is 18.9 Å². The van der Waals surface area contributed by atoms with E-state index < -0.39 is 0 Å². The van der Waals surface area contributed by atoms with E-state index in [4.69, 9.17) is 10.5 Å². The highest BCUT2D eigenvalue weighted by Crippen LogP contribution is 2.34. The lowest BCUT2D eigenvalue weighted by atomic mass is 10.0. The topological polar surface area (TPSA) is 35.2 Å². The molecule has 2 nitrogen and oxygen atoms in total. The average Bonchev–Trinajstić information content (AvgIpc) is 2.88. The van der Waals surface area contributed by atoms with Crippen molar-refractivity contribution in [3.8, 4) is 0 Å². The minimum atomic E-state index is 0.271. The van der Waals surface area contributed by atoms with Gasteiger partial charge in [0.1, 0.15) is 0 Å². The van der Waals surface area contributed by atoms with Crippen molar-refractivity contribution >= 4 is 0 Å². The molecule has 0 radical (unpaired) electrons. The Labute approximate surface area is 81.8 Å². The number of ether oxygens (including phenoxy) is 1. The van der Waals surface area contributed by atoms with Crippen LogP contribution in [0.1, 0.15) is 46.0 Å². The van der Waals surface area contributed by atoms with Gasteiger partial charge in [-0.05, 0) is 25.7 Å². The zero-order valence-corrected chi connectivity index (χ0v) is 8.96. The molecule has 0 aliphatic heterocycles. The molecule has 2 N–H and O–H groups in total. The van der Waals surface area contributed by atoms with E-state index in [9.17, 15) is 0 Å². The van der Waals surface area contributed by atoms with Crippen molar-refractivity contribution in [2.45, 2.75) is 58.1 Å². The summed E-state index contributed by atoms with van der Waals surface area (Å²) in [5, 5.41) is 0. The number of rotatable bonds is 7. The maximum absolute atomic E-state index is 6.11. The first-order valence-electron chi connectivity index (χ1n) is 5.65. The Hall–Kier alpha value is -0.0800. The molecule has 1 saturated carbocycles. The van der Waals surface area contributed by atoms with Crippen molar-refractivity contribution in [2.24, 2.45) is 11.7 Å². The second-order valence-electron chi connectivity index (χ2n) is 4.13. The molecule has 0 saturated heterocycles. The first kappa shape index (κ1) is 11.0. The number of hydrogen-bond acceptors (Lipinski definition) is 2. The molecule has 2 heteroatoms. The lowest BCUT2D eigenvalue weighted by molar-refractivity contribution is 0.0346. The fourth-order valence-electron chi connectivity index (χ4n) is 1.81. The molecule has 1 fully saturated rings. The van der Waals surface area contributed by atoms with Gasteiger partial charge in [-0.2, -0.15) is 0 Å². The van der Waals surface area contributed by atoms with Crippen LogP contribution in [0.25, 0.3) is 0 Å². The summed E-state index contributed by atoms with van der Waals surface area (Å²) in [5.41, 5.74) is 6.11. The van der Waals surface area contributed by atoms with Gasteiger partial charge in [0.25, 0.3) is 0 Å². The Morgan fingerprint density at radius 2 is 2.08 bits per heavy atom. The fourth-order valence-corrected chi connectivity index (χ4v) is 1.81. The third-order valence-corrected chi connectivity index (χ3v) is 2.73. The Bertz CT molecular complexity index is 128. The summed E-state index contributed by atoms with van der Waals surface area (Å²) < 4.78 is 5.65. The standard InChI is InChI=1S/C11H23NO/c1-3-5-11(13-4-2)10(12)8-9-6-7-9/h9-11H,3-8,12H2,1-2H3. The molecule has 2 unspecified atom stereocenters. The molecule has 1 aliphatic rings. The van der Waals surface area contributed by atoms with Crippen LogP contribution in [-0.2, 0) is 4.74 Å². The molecule has 0 amide bonds. The molecule has 0 aromatic rings. The highest BCUT2D eigenvalue weighted by molar-refractivity contribution is 4.82. The van der Waals surface area contributed by atoms with E-state index in [1.165, 1.54) is 25.7 Å². The van der Waals surface area contributed by atoms with Gasteiger partial charge in [0.2, 0.25) is 0 Å². The van der Waals surface area contributed by atoms with E-state index in [2.05, 4.69) is 6.92 Å². The van der Waals surface area contributed by atoms with E-state index in [1.54, 1.807) is 0 Å². The molecule has 1 aliphatic carbocycles. The van der Waals surface area contributed by atoms with Gasteiger partial charge in [-0.15, -0.1) is 0 Å². The lowest BCUT2D eigenvalue weighted by Crippen LogP contribution is -2.37. The summed E-state index contributed by atoms with van der Waals surface area (Å²) in [7, 11) is 0. The lowest BCUT2D eigenvalue weighted by Gasteiger charge is -2.23. The maximum atomic E-state index is 6.11. The van der Waals surface area contributed by atoms with Crippen molar-refractivity contribution in [2.75, 3.05) is 6.61 Å². The number of nitrogens with two attached hydrogens (primary N) is 1. The minimum absolute atomic E-state index is 0.271. The van der Waals surface area contributed by atoms with Gasteiger partial charge in [0.05, 0.1) is 6.10 Å². The van der Waals surface area contributed by atoms with Gasteiger partial charge in [0, 0.05) is 12.6 Å². The van der Waals surface area contributed by atoms with Gasteiger partial charge < -0.3 is 10.5 Å². The fraction of sp³-hybridized carbons (Fsp3) is 1.00. The summed E-state index contributed by atoms with van der Waals surface area (Å²) in [4.78, 5) is 0. The van der Waals surface area contributed by atoms with Crippen molar-refractivity contribution < 1.29 is 4.74 Å². The molecule has 2 atom stereocenters. The molecule has 1 rings (SSSR count). The third kappa shape index (κ3) is 4.10. The van der Waals surface area contributed by atoms with Gasteiger partial charge in [0.15, 0.2) is 0 Å². The van der Waals surface area contributed by atoms with Gasteiger partial charge in [-0.1, -0.05) is 26.2 Å². The van der Waals surface area contributed by atoms with E-state index >= 15 is 0 Å². The molecule has 0 spiro atoms. The normalized spacial score (nSPS) is 21.5. The molecular formula is C11H23NO.